The van der Waals surface area contributed by atoms with E-state index in [0.29, 0.717) is 57.9 Å². The van der Waals surface area contributed by atoms with Crippen molar-refractivity contribution in [3.63, 3.8) is 0 Å². The number of Topliss-reactive ketones (excluding diaryl/α,β-unsaturated/α-hetero) is 1. The van der Waals surface area contributed by atoms with Crippen LogP contribution in [0.1, 0.15) is 49.1 Å². The average Bonchev–Trinajstić information content (AvgIpc) is 3.72. The lowest BCUT2D eigenvalue weighted by atomic mass is 9.94. The third-order valence-corrected chi connectivity index (χ3v) is 9.51. The summed E-state index contributed by atoms with van der Waals surface area (Å²) in [6.07, 6.45) is 0.648. The fourth-order valence-electron chi connectivity index (χ4n) is 5.42. The van der Waals surface area contributed by atoms with Crippen LogP contribution in [0.4, 0.5) is 9.52 Å². The number of aromatic nitrogens is 2. The number of fused-ring (bicyclic) bond motifs is 1. The first-order chi connectivity index (χ1) is 21.8. The number of thioether (sulfide) groups is 1. The van der Waals surface area contributed by atoms with Crippen LogP contribution in [0.25, 0.3) is 5.76 Å². The van der Waals surface area contributed by atoms with Crippen LogP contribution in [0.2, 0.25) is 0 Å². The van der Waals surface area contributed by atoms with Gasteiger partial charge in [-0.2, -0.15) is 0 Å². The second kappa shape index (κ2) is 12.9. The third kappa shape index (κ3) is 5.99. The normalized spacial score (nSPS) is 18.6. The highest BCUT2D eigenvalue weighted by molar-refractivity contribution is 8.00. The van der Waals surface area contributed by atoms with Gasteiger partial charge >= 0.3 is 5.91 Å². The molecular formula is C33H30FN3O6S2. The first-order valence-corrected chi connectivity index (χ1v) is 16.3. The predicted octanol–water partition coefficient (Wildman–Crippen LogP) is 6.72. The van der Waals surface area contributed by atoms with Crippen LogP contribution in [-0.2, 0) is 21.8 Å². The molecule has 1 aromatic heterocycles. The van der Waals surface area contributed by atoms with Crippen molar-refractivity contribution in [2.45, 2.75) is 49.4 Å². The summed E-state index contributed by atoms with van der Waals surface area (Å²) in [5.41, 5.74) is 2.22. The molecule has 1 N–H and O–H groups in total. The van der Waals surface area contributed by atoms with Gasteiger partial charge < -0.3 is 19.3 Å². The molecule has 0 unspecified atom stereocenters. The van der Waals surface area contributed by atoms with Gasteiger partial charge in [-0.25, -0.2) is 4.39 Å². The number of aliphatic hydroxyl groups excluding tert-OH is 1. The summed E-state index contributed by atoms with van der Waals surface area (Å²) in [6, 6.07) is 15.8. The van der Waals surface area contributed by atoms with Crippen LogP contribution in [0.3, 0.4) is 0 Å². The smallest absolute Gasteiger partial charge is 0.301 e. The van der Waals surface area contributed by atoms with E-state index in [9.17, 15) is 19.1 Å². The first-order valence-electron chi connectivity index (χ1n) is 14.5. The standard InChI is InChI=1S/C33H30FN3O6S2/c1-4-41-25-13-10-19(16-26(25)42-5-2)28-27(29(38)20-11-12-24-22(15-20)14-18(3)43-24)30(39)31(40)37(28)32-35-36-33(45-32)44-17-21-8-6-7-9-23(21)34/h6-13,15-16,18,28,38H,4-5,14,17H2,1-3H3/b29-27+/t18-,28+/m0/s1. The summed E-state index contributed by atoms with van der Waals surface area (Å²) in [5, 5.41) is 20.3. The van der Waals surface area contributed by atoms with Gasteiger partial charge in [-0.15, -0.1) is 10.2 Å². The molecular weight excluding hydrogens is 618 g/mol. The summed E-state index contributed by atoms with van der Waals surface area (Å²) in [5.74, 6) is -0.375. The van der Waals surface area contributed by atoms with Crippen LogP contribution in [0.5, 0.6) is 17.2 Å². The number of carbonyl (C=O) groups excluding carboxylic acids is 2. The number of rotatable bonds is 10. The fraction of sp³-hybridized carbons (Fsp3) is 0.273. The number of benzene rings is 3. The lowest BCUT2D eigenvalue weighted by Crippen LogP contribution is -2.29. The molecule has 2 aliphatic rings. The number of anilines is 1. The Morgan fingerprint density at radius 1 is 1.07 bits per heavy atom. The van der Waals surface area contributed by atoms with Crippen LogP contribution in [0, 0.1) is 5.82 Å². The summed E-state index contributed by atoms with van der Waals surface area (Å²) in [4.78, 5) is 28.7. The number of hydrogen-bond donors (Lipinski definition) is 1. The molecule has 3 heterocycles. The van der Waals surface area contributed by atoms with Gasteiger partial charge in [0.15, 0.2) is 15.8 Å². The molecule has 1 fully saturated rings. The molecule has 0 aliphatic carbocycles. The molecule has 3 aromatic carbocycles. The van der Waals surface area contributed by atoms with E-state index in [4.69, 9.17) is 14.2 Å². The maximum atomic E-state index is 14.2. The Hall–Kier alpha value is -4.42. The Balaban J connectivity index is 1.43. The molecule has 9 nitrogen and oxygen atoms in total. The van der Waals surface area contributed by atoms with Gasteiger partial charge in [0, 0.05) is 17.7 Å². The van der Waals surface area contributed by atoms with Crippen molar-refractivity contribution in [2.24, 2.45) is 0 Å². The van der Waals surface area contributed by atoms with Gasteiger partial charge in [0.25, 0.3) is 5.78 Å². The molecule has 0 spiro atoms. The topological polar surface area (TPSA) is 111 Å². The molecule has 12 heteroatoms. The van der Waals surface area contributed by atoms with Crippen LogP contribution >= 0.6 is 23.1 Å². The van der Waals surface area contributed by atoms with Crippen LogP contribution in [-0.4, -0.2) is 46.3 Å². The Kier molecular flexibility index (Phi) is 8.77. The highest BCUT2D eigenvalue weighted by atomic mass is 32.2. The van der Waals surface area contributed by atoms with Gasteiger partial charge in [0.1, 0.15) is 23.4 Å². The maximum absolute atomic E-state index is 14.2. The molecule has 1 amide bonds. The Labute approximate surface area is 267 Å². The third-order valence-electron chi connectivity index (χ3n) is 7.41. The van der Waals surface area contributed by atoms with Crippen molar-refractivity contribution < 1.29 is 33.3 Å². The summed E-state index contributed by atoms with van der Waals surface area (Å²) < 4.78 is 32.1. The molecule has 45 heavy (non-hydrogen) atoms. The number of ketones is 1. The van der Waals surface area contributed by atoms with E-state index in [-0.39, 0.29) is 28.4 Å². The number of amides is 1. The average molecular weight is 648 g/mol. The molecule has 2 atom stereocenters. The summed E-state index contributed by atoms with van der Waals surface area (Å²) in [7, 11) is 0. The minimum atomic E-state index is -1.04. The molecule has 232 valence electrons. The second-order valence-electron chi connectivity index (χ2n) is 10.4. The van der Waals surface area contributed by atoms with Crippen molar-refractivity contribution in [1.82, 2.24) is 10.2 Å². The zero-order valence-electron chi connectivity index (χ0n) is 24.8. The zero-order chi connectivity index (χ0) is 31.7. The Bertz CT molecular complexity index is 1810. The van der Waals surface area contributed by atoms with Crippen molar-refractivity contribution >= 4 is 45.7 Å². The van der Waals surface area contributed by atoms with Gasteiger partial charge in [-0.05, 0) is 73.9 Å². The molecule has 4 aromatic rings. The molecule has 2 aliphatic heterocycles. The van der Waals surface area contributed by atoms with E-state index in [1.54, 1.807) is 54.6 Å². The minimum Gasteiger partial charge on any atom is -0.507 e. The van der Waals surface area contributed by atoms with Crippen molar-refractivity contribution in [1.29, 1.82) is 0 Å². The number of ether oxygens (including phenoxy) is 3. The lowest BCUT2D eigenvalue weighted by Gasteiger charge is -2.23. The first kappa shape index (κ1) is 30.6. The number of nitrogens with zero attached hydrogens (tertiary/aromatic N) is 3. The Morgan fingerprint density at radius 2 is 1.84 bits per heavy atom. The fourth-order valence-corrected chi connectivity index (χ4v) is 7.27. The van der Waals surface area contributed by atoms with Crippen molar-refractivity contribution in [3.05, 3.63) is 94.3 Å². The van der Waals surface area contributed by atoms with E-state index >= 15 is 0 Å². The molecule has 0 bridgehead atoms. The van der Waals surface area contributed by atoms with Crippen molar-refractivity contribution in [2.75, 3.05) is 18.1 Å². The summed E-state index contributed by atoms with van der Waals surface area (Å²) in [6.45, 7) is 6.43. The highest BCUT2D eigenvalue weighted by Gasteiger charge is 2.48. The van der Waals surface area contributed by atoms with Crippen LogP contribution < -0.4 is 19.1 Å². The second-order valence-corrected chi connectivity index (χ2v) is 12.6. The molecule has 0 radical (unpaired) electrons. The van der Waals surface area contributed by atoms with E-state index < -0.39 is 17.7 Å². The maximum Gasteiger partial charge on any atom is 0.301 e. The Morgan fingerprint density at radius 3 is 2.62 bits per heavy atom. The number of halogens is 1. The van der Waals surface area contributed by atoms with Gasteiger partial charge in [-0.3, -0.25) is 14.5 Å². The number of aliphatic hydroxyl groups is 1. The van der Waals surface area contributed by atoms with Gasteiger partial charge in [0.05, 0.1) is 24.8 Å². The number of hydrogen-bond acceptors (Lipinski definition) is 10. The summed E-state index contributed by atoms with van der Waals surface area (Å²) >= 11 is 2.38. The van der Waals surface area contributed by atoms with E-state index in [1.165, 1.54) is 22.7 Å². The van der Waals surface area contributed by atoms with E-state index in [2.05, 4.69) is 10.2 Å². The van der Waals surface area contributed by atoms with Gasteiger partial charge in [-0.1, -0.05) is 47.4 Å². The molecule has 0 saturated carbocycles. The largest absolute Gasteiger partial charge is 0.507 e. The predicted molar refractivity (Wildman–Crippen MR) is 170 cm³/mol. The van der Waals surface area contributed by atoms with E-state index in [0.717, 1.165) is 22.6 Å². The highest BCUT2D eigenvalue weighted by Crippen LogP contribution is 2.46. The van der Waals surface area contributed by atoms with Crippen molar-refractivity contribution in [3.8, 4) is 17.2 Å². The quantitative estimate of drug-likeness (QED) is 0.0660. The van der Waals surface area contributed by atoms with Gasteiger partial charge in [0.2, 0.25) is 5.13 Å². The monoisotopic (exact) mass is 647 g/mol. The molecule has 1 saturated heterocycles. The van der Waals surface area contributed by atoms with E-state index in [1.807, 2.05) is 20.8 Å². The lowest BCUT2D eigenvalue weighted by molar-refractivity contribution is -0.132. The minimum absolute atomic E-state index is 0.00771. The molecule has 6 rings (SSSR count). The SMILES string of the molecule is CCOc1ccc([C@@H]2/C(=C(\O)c3ccc4c(c3)C[C@H](C)O4)C(=O)C(=O)N2c2nnc(SCc3ccccc3F)s2)cc1OCC. The number of carbonyl (C=O) groups is 2. The van der Waals surface area contributed by atoms with Crippen LogP contribution in [0.15, 0.2) is 70.6 Å². The zero-order valence-corrected chi connectivity index (χ0v) is 26.4.